The summed E-state index contributed by atoms with van der Waals surface area (Å²) >= 11 is 0. The number of benzene rings is 1. The Labute approximate surface area is 160 Å². The molecule has 0 aliphatic carbocycles. The van der Waals surface area contributed by atoms with Crippen molar-refractivity contribution < 1.29 is 14.7 Å². The maximum atomic E-state index is 11.9. The number of carbonyl (C=O) groups is 2. The average molecular weight is 371 g/mol. The standard InChI is InChI=1S/C21H29N3O3/c1-15(2)11-19(16(3)25)23-20(21(26)27)12-18-13-22-14-24(18)10-9-17-7-5-4-6-8-17/h4-8,13-15,19-20,23H,9-12H2,1-3H3,(H,26,27)/t19?,20-/m0/s1. The first-order valence-electron chi connectivity index (χ1n) is 9.39. The van der Waals surface area contributed by atoms with E-state index in [0.717, 1.165) is 18.7 Å². The second-order valence-corrected chi connectivity index (χ2v) is 7.37. The number of carboxylic acids is 1. The molecular formula is C21H29N3O3. The fourth-order valence-electron chi connectivity index (χ4n) is 3.11. The van der Waals surface area contributed by atoms with E-state index in [0.29, 0.717) is 12.3 Å². The van der Waals surface area contributed by atoms with Gasteiger partial charge >= 0.3 is 5.97 Å². The normalized spacial score (nSPS) is 13.5. The third-order valence-corrected chi connectivity index (χ3v) is 4.59. The van der Waals surface area contributed by atoms with E-state index in [4.69, 9.17) is 0 Å². The number of Topliss-reactive ketones (excluding diaryl/α,β-unsaturated/α-hetero) is 1. The number of rotatable bonds is 11. The van der Waals surface area contributed by atoms with Crippen LogP contribution >= 0.6 is 0 Å². The van der Waals surface area contributed by atoms with Crippen LogP contribution in [0.3, 0.4) is 0 Å². The summed E-state index contributed by atoms with van der Waals surface area (Å²) in [6.07, 6.45) is 5.18. The number of carboxylic acid groups (broad SMARTS) is 1. The number of aryl methyl sites for hydroxylation is 2. The van der Waals surface area contributed by atoms with Crippen molar-refractivity contribution in [2.45, 2.75) is 58.7 Å². The van der Waals surface area contributed by atoms with Crippen molar-refractivity contribution in [3.8, 4) is 0 Å². The summed E-state index contributed by atoms with van der Waals surface area (Å²) in [5.41, 5.74) is 2.07. The molecule has 0 radical (unpaired) electrons. The molecule has 1 unspecified atom stereocenters. The summed E-state index contributed by atoms with van der Waals surface area (Å²) in [7, 11) is 0. The number of aliphatic carboxylic acids is 1. The molecule has 2 atom stereocenters. The Kier molecular flexibility index (Phi) is 7.73. The molecule has 2 aromatic rings. The van der Waals surface area contributed by atoms with Crippen molar-refractivity contribution in [3.63, 3.8) is 0 Å². The minimum Gasteiger partial charge on any atom is -0.480 e. The molecule has 6 heteroatoms. The van der Waals surface area contributed by atoms with Gasteiger partial charge in [-0.1, -0.05) is 44.2 Å². The Morgan fingerprint density at radius 3 is 2.48 bits per heavy atom. The largest absolute Gasteiger partial charge is 0.480 e. The molecule has 0 fully saturated rings. The molecule has 0 saturated heterocycles. The summed E-state index contributed by atoms with van der Waals surface area (Å²) in [6, 6.07) is 8.86. The van der Waals surface area contributed by atoms with Crippen LogP contribution in [0.2, 0.25) is 0 Å². The van der Waals surface area contributed by atoms with Crippen molar-refractivity contribution in [3.05, 3.63) is 54.1 Å². The van der Waals surface area contributed by atoms with Crippen molar-refractivity contribution >= 4 is 11.8 Å². The molecule has 1 aromatic heterocycles. The van der Waals surface area contributed by atoms with Gasteiger partial charge in [0.2, 0.25) is 0 Å². The van der Waals surface area contributed by atoms with Crippen LogP contribution in [0.1, 0.15) is 38.4 Å². The van der Waals surface area contributed by atoms with Gasteiger partial charge in [0.1, 0.15) is 11.8 Å². The molecule has 0 aliphatic rings. The van der Waals surface area contributed by atoms with Gasteiger partial charge in [-0.05, 0) is 31.2 Å². The highest BCUT2D eigenvalue weighted by atomic mass is 16.4. The first-order valence-corrected chi connectivity index (χ1v) is 9.39. The van der Waals surface area contributed by atoms with Gasteiger partial charge in [0.25, 0.3) is 0 Å². The summed E-state index contributed by atoms with van der Waals surface area (Å²) in [4.78, 5) is 27.8. The van der Waals surface area contributed by atoms with Gasteiger partial charge in [-0.25, -0.2) is 4.98 Å². The second kappa shape index (κ2) is 10.0. The summed E-state index contributed by atoms with van der Waals surface area (Å²) in [6.45, 7) is 6.27. The number of imidazole rings is 1. The highest BCUT2D eigenvalue weighted by Gasteiger charge is 2.26. The smallest absolute Gasteiger partial charge is 0.321 e. The zero-order chi connectivity index (χ0) is 19.8. The summed E-state index contributed by atoms with van der Waals surface area (Å²) < 4.78 is 1.98. The Hall–Kier alpha value is -2.47. The van der Waals surface area contributed by atoms with Gasteiger partial charge in [-0.15, -0.1) is 0 Å². The van der Waals surface area contributed by atoms with Crippen LogP contribution in [-0.4, -0.2) is 38.5 Å². The van der Waals surface area contributed by atoms with Gasteiger partial charge in [0.05, 0.1) is 12.4 Å². The summed E-state index contributed by atoms with van der Waals surface area (Å²) in [5, 5.41) is 12.7. The fraction of sp³-hybridized carbons (Fsp3) is 0.476. The molecule has 1 aromatic carbocycles. The summed E-state index contributed by atoms with van der Waals surface area (Å²) in [5.74, 6) is -0.689. The SMILES string of the molecule is CC(=O)C(CC(C)C)N[C@@H](Cc1cncn1CCc1ccccc1)C(=O)O. The molecule has 146 valence electrons. The first kappa shape index (κ1) is 20.8. The minimum atomic E-state index is -0.958. The highest BCUT2D eigenvalue weighted by Crippen LogP contribution is 2.11. The lowest BCUT2D eigenvalue weighted by atomic mass is 9.99. The number of hydrogen-bond acceptors (Lipinski definition) is 4. The lowest BCUT2D eigenvalue weighted by Crippen LogP contribution is -2.48. The van der Waals surface area contributed by atoms with E-state index in [2.05, 4.69) is 22.4 Å². The van der Waals surface area contributed by atoms with E-state index in [1.54, 1.807) is 12.5 Å². The van der Waals surface area contributed by atoms with Crippen LogP contribution in [0, 0.1) is 5.92 Å². The quantitative estimate of drug-likeness (QED) is 0.634. The van der Waals surface area contributed by atoms with Crippen LogP contribution in [0.25, 0.3) is 0 Å². The zero-order valence-corrected chi connectivity index (χ0v) is 16.3. The van der Waals surface area contributed by atoms with E-state index < -0.39 is 18.1 Å². The molecule has 2 rings (SSSR count). The molecule has 0 aliphatic heterocycles. The van der Waals surface area contributed by atoms with Gasteiger partial charge in [0, 0.05) is 24.9 Å². The number of aromatic nitrogens is 2. The monoisotopic (exact) mass is 371 g/mol. The Morgan fingerprint density at radius 2 is 1.89 bits per heavy atom. The van der Waals surface area contributed by atoms with Crippen LogP contribution < -0.4 is 5.32 Å². The number of hydrogen-bond donors (Lipinski definition) is 2. The van der Waals surface area contributed by atoms with Gasteiger partial charge in [0.15, 0.2) is 0 Å². The van der Waals surface area contributed by atoms with Crippen LogP contribution in [0.15, 0.2) is 42.9 Å². The second-order valence-electron chi connectivity index (χ2n) is 7.37. The fourth-order valence-corrected chi connectivity index (χ4v) is 3.11. The molecule has 0 amide bonds. The number of carbonyl (C=O) groups excluding carboxylic acids is 1. The highest BCUT2D eigenvalue weighted by molar-refractivity contribution is 5.82. The van der Waals surface area contributed by atoms with Gasteiger partial charge in [-0.3, -0.25) is 14.9 Å². The van der Waals surface area contributed by atoms with Gasteiger partial charge in [-0.2, -0.15) is 0 Å². The van der Waals surface area contributed by atoms with E-state index in [1.807, 2.05) is 36.6 Å². The molecule has 27 heavy (non-hydrogen) atoms. The molecule has 6 nitrogen and oxygen atoms in total. The molecule has 1 heterocycles. The zero-order valence-electron chi connectivity index (χ0n) is 16.3. The van der Waals surface area contributed by atoms with Gasteiger partial charge < -0.3 is 9.67 Å². The third-order valence-electron chi connectivity index (χ3n) is 4.59. The first-order chi connectivity index (χ1) is 12.9. The Bertz CT molecular complexity index is 740. The van der Waals surface area contributed by atoms with E-state index in [9.17, 15) is 14.7 Å². The predicted octanol–water partition coefficient (Wildman–Crippen LogP) is 2.71. The maximum absolute atomic E-state index is 11.9. The number of nitrogens with zero attached hydrogens (tertiary/aromatic N) is 2. The van der Waals surface area contributed by atoms with Crippen LogP contribution in [0.5, 0.6) is 0 Å². The Morgan fingerprint density at radius 1 is 1.19 bits per heavy atom. The molecule has 2 N–H and O–H groups in total. The number of ketones is 1. The lowest BCUT2D eigenvalue weighted by molar-refractivity contribution is -0.139. The molecular weight excluding hydrogens is 342 g/mol. The molecule has 0 saturated carbocycles. The number of nitrogens with one attached hydrogen (secondary N) is 1. The molecule has 0 bridgehead atoms. The van der Waals surface area contributed by atoms with Crippen molar-refractivity contribution in [1.29, 1.82) is 0 Å². The lowest BCUT2D eigenvalue weighted by Gasteiger charge is -2.23. The third kappa shape index (κ3) is 6.64. The predicted molar refractivity (Wildman–Crippen MR) is 105 cm³/mol. The topological polar surface area (TPSA) is 84.2 Å². The Balaban J connectivity index is 2.05. The van der Waals surface area contributed by atoms with E-state index in [1.165, 1.54) is 12.5 Å². The van der Waals surface area contributed by atoms with Crippen molar-refractivity contribution in [2.24, 2.45) is 5.92 Å². The van der Waals surface area contributed by atoms with Crippen molar-refractivity contribution in [1.82, 2.24) is 14.9 Å². The molecule has 0 spiro atoms. The van der Waals surface area contributed by atoms with Crippen LogP contribution in [0.4, 0.5) is 0 Å². The maximum Gasteiger partial charge on any atom is 0.321 e. The van der Waals surface area contributed by atoms with Crippen molar-refractivity contribution in [2.75, 3.05) is 0 Å². The average Bonchev–Trinajstić information content (AvgIpc) is 3.06. The van der Waals surface area contributed by atoms with E-state index in [-0.39, 0.29) is 12.2 Å². The van der Waals surface area contributed by atoms with Crippen LogP contribution in [-0.2, 0) is 29.0 Å². The van der Waals surface area contributed by atoms with E-state index >= 15 is 0 Å². The minimum absolute atomic E-state index is 0.0347.